The third kappa shape index (κ3) is 4.34. The third-order valence-electron chi connectivity index (χ3n) is 4.12. The molecule has 0 aliphatic heterocycles. The second-order valence-electron chi connectivity index (χ2n) is 6.06. The van der Waals surface area contributed by atoms with E-state index in [2.05, 4.69) is 4.98 Å². The van der Waals surface area contributed by atoms with Gasteiger partial charge in [-0.15, -0.1) is 0 Å². The molecule has 0 bridgehead atoms. The predicted octanol–water partition coefficient (Wildman–Crippen LogP) is 5.18. The first-order valence-electron chi connectivity index (χ1n) is 8.77. The summed E-state index contributed by atoms with van der Waals surface area (Å²) in [5, 5.41) is 0. The van der Waals surface area contributed by atoms with E-state index in [9.17, 15) is 22.8 Å². The van der Waals surface area contributed by atoms with Gasteiger partial charge < -0.3 is 4.74 Å². The van der Waals surface area contributed by atoms with Crippen molar-refractivity contribution < 1.29 is 27.5 Å². The molecule has 2 aromatic carbocycles. The number of ketones is 1. The van der Waals surface area contributed by atoms with Gasteiger partial charge in [0.25, 0.3) is 0 Å². The van der Waals surface area contributed by atoms with Gasteiger partial charge in [0.1, 0.15) is 0 Å². The first kappa shape index (κ1) is 20.3. The summed E-state index contributed by atoms with van der Waals surface area (Å²) in [4.78, 5) is 29.1. The number of rotatable bonds is 5. The Balaban J connectivity index is 2.32. The maximum Gasteiger partial charge on any atom is 0.434 e. The fraction of sp³-hybridized carbons (Fsp3) is 0.136. The number of alkyl halides is 3. The lowest BCUT2D eigenvalue weighted by Crippen LogP contribution is -2.22. The van der Waals surface area contributed by atoms with Crippen molar-refractivity contribution in [3.8, 4) is 11.3 Å². The summed E-state index contributed by atoms with van der Waals surface area (Å²) in [6, 6.07) is 16.7. The van der Waals surface area contributed by atoms with E-state index >= 15 is 0 Å². The number of benzene rings is 2. The maximum atomic E-state index is 13.9. The van der Waals surface area contributed by atoms with Gasteiger partial charge >= 0.3 is 12.1 Å². The van der Waals surface area contributed by atoms with Crippen molar-refractivity contribution in [3.63, 3.8) is 0 Å². The molecule has 0 unspecified atom stereocenters. The highest BCUT2D eigenvalue weighted by Gasteiger charge is 2.40. The van der Waals surface area contributed by atoms with Crippen LogP contribution in [-0.4, -0.2) is 23.3 Å². The van der Waals surface area contributed by atoms with Crippen molar-refractivity contribution in [1.29, 1.82) is 0 Å². The summed E-state index contributed by atoms with van der Waals surface area (Å²) in [7, 11) is 0. The number of pyridine rings is 1. The second kappa shape index (κ2) is 8.26. The predicted molar refractivity (Wildman–Crippen MR) is 101 cm³/mol. The van der Waals surface area contributed by atoms with Gasteiger partial charge in [-0.1, -0.05) is 60.7 Å². The van der Waals surface area contributed by atoms with Crippen LogP contribution in [0.2, 0.25) is 0 Å². The number of esters is 1. The van der Waals surface area contributed by atoms with E-state index in [-0.39, 0.29) is 17.9 Å². The molecule has 3 rings (SSSR count). The van der Waals surface area contributed by atoms with E-state index in [0.29, 0.717) is 5.56 Å². The number of nitrogens with zero attached hydrogens (tertiary/aromatic N) is 1. The highest BCUT2D eigenvalue weighted by Crippen LogP contribution is 2.36. The van der Waals surface area contributed by atoms with Crippen LogP contribution in [0.5, 0.6) is 0 Å². The minimum atomic E-state index is -4.95. The lowest BCUT2D eigenvalue weighted by Gasteiger charge is -2.17. The molecule has 0 atom stereocenters. The summed E-state index contributed by atoms with van der Waals surface area (Å²) in [5.41, 5.74) is -2.40. The van der Waals surface area contributed by atoms with E-state index in [0.717, 1.165) is 0 Å². The number of halogens is 3. The smallest absolute Gasteiger partial charge is 0.434 e. The van der Waals surface area contributed by atoms with Crippen LogP contribution in [-0.2, 0) is 10.9 Å². The molecule has 0 spiro atoms. The quantitative estimate of drug-likeness (QED) is 0.438. The lowest BCUT2D eigenvalue weighted by molar-refractivity contribution is -0.141. The fourth-order valence-corrected chi connectivity index (χ4v) is 2.84. The van der Waals surface area contributed by atoms with E-state index in [1.165, 1.54) is 37.3 Å². The molecule has 1 heterocycles. The number of ether oxygens (including phenoxy) is 1. The summed E-state index contributed by atoms with van der Waals surface area (Å²) in [6.07, 6.45) is -4.95. The van der Waals surface area contributed by atoms with Crippen LogP contribution < -0.4 is 0 Å². The van der Waals surface area contributed by atoms with Gasteiger partial charge in [0.2, 0.25) is 0 Å². The minimum Gasteiger partial charge on any atom is -0.462 e. The number of hydrogen-bond donors (Lipinski definition) is 0. The Morgan fingerprint density at radius 2 is 1.55 bits per heavy atom. The van der Waals surface area contributed by atoms with Crippen LogP contribution in [0.15, 0.2) is 66.7 Å². The van der Waals surface area contributed by atoms with Gasteiger partial charge in [-0.05, 0) is 13.0 Å². The molecule has 0 aliphatic rings. The number of carbonyl (C=O) groups excluding carboxylic acids is 2. The summed E-state index contributed by atoms with van der Waals surface area (Å²) in [5.74, 6) is -1.97. The Morgan fingerprint density at radius 3 is 2.10 bits per heavy atom. The van der Waals surface area contributed by atoms with Crippen LogP contribution in [0.1, 0.15) is 38.9 Å². The average Bonchev–Trinajstić information content (AvgIpc) is 2.73. The Kier molecular flexibility index (Phi) is 5.77. The molecule has 0 saturated carbocycles. The Labute approximate surface area is 165 Å². The topological polar surface area (TPSA) is 56.3 Å². The van der Waals surface area contributed by atoms with Crippen molar-refractivity contribution >= 4 is 11.8 Å². The van der Waals surface area contributed by atoms with Crippen LogP contribution in [0.25, 0.3) is 11.3 Å². The fourth-order valence-electron chi connectivity index (χ4n) is 2.84. The molecule has 4 nitrogen and oxygen atoms in total. The van der Waals surface area contributed by atoms with Crippen LogP contribution in [0, 0.1) is 0 Å². The van der Waals surface area contributed by atoms with Gasteiger partial charge in [0, 0.05) is 11.1 Å². The summed E-state index contributed by atoms with van der Waals surface area (Å²) < 4.78 is 46.6. The van der Waals surface area contributed by atoms with Crippen molar-refractivity contribution in [2.45, 2.75) is 13.1 Å². The molecule has 0 saturated heterocycles. The standard InChI is InChI=1S/C22H16F3NO3/c1-2-29-21(28)16-13-17(14-9-5-3-6-10-14)26-20(22(23,24)25)18(16)19(27)15-11-7-4-8-12-15/h3-13H,2H2,1H3. The highest BCUT2D eigenvalue weighted by atomic mass is 19.4. The van der Waals surface area contributed by atoms with Gasteiger partial charge in [0.05, 0.1) is 23.4 Å². The van der Waals surface area contributed by atoms with E-state index in [1.54, 1.807) is 36.4 Å². The van der Waals surface area contributed by atoms with Gasteiger partial charge in [-0.2, -0.15) is 13.2 Å². The van der Waals surface area contributed by atoms with Crippen molar-refractivity contribution in [2.75, 3.05) is 6.61 Å². The number of carbonyl (C=O) groups is 2. The van der Waals surface area contributed by atoms with E-state index in [4.69, 9.17) is 4.74 Å². The zero-order valence-corrected chi connectivity index (χ0v) is 15.4. The molecule has 0 radical (unpaired) electrons. The van der Waals surface area contributed by atoms with Gasteiger partial charge in [-0.3, -0.25) is 4.79 Å². The second-order valence-corrected chi connectivity index (χ2v) is 6.06. The summed E-state index contributed by atoms with van der Waals surface area (Å²) in [6.45, 7) is 1.47. The van der Waals surface area contributed by atoms with Crippen LogP contribution in [0.4, 0.5) is 13.2 Å². The molecule has 148 valence electrons. The van der Waals surface area contributed by atoms with Gasteiger partial charge in [0.15, 0.2) is 11.5 Å². The molecule has 3 aromatic rings. The van der Waals surface area contributed by atoms with Crippen molar-refractivity contribution in [1.82, 2.24) is 4.98 Å². The van der Waals surface area contributed by atoms with Crippen molar-refractivity contribution in [3.05, 3.63) is 89.1 Å². The zero-order valence-electron chi connectivity index (χ0n) is 15.4. The van der Waals surface area contributed by atoms with Crippen LogP contribution >= 0.6 is 0 Å². The number of hydrogen-bond acceptors (Lipinski definition) is 4. The first-order chi connectivity index (χ1) is 13.8. The summed E-state index contributed by atoms with van der Waals surface area (Å²) >= 11 is 0. The van der Waals surface area contributed by atoms with Crippen molar-refractivity contribution in [2.24, 2.45) is 0 Å². The SMILES string of the molecule is CCOC(=O)c1cc(-c2ccccc2)nc(C(F)(F)F)c1C(=O)c1ccccc1. The molecule has 0 aliphatic carbocycles. The molecular weight excluding hydrogens is 383 g/mol. The molecule has 1 aromatic heterocycles. The molecule has 0 amide bonds. The minimum absolute atomic E-state index is 0.0119. The molecule has 29 heavy (non-hydrogen) atoms. The third-order valence-corrected chi connectivity index (χ3v) is 4.12. The largest absolute Gasteiger partial charge is 0.462 e. The molecular formula is C22H16F3NO3. The Morgan fingerprint density at radius 1 is 0.966 bits per heavy atom. The molecule has 7 heteroatoms. The average molecular weight is 399 g/mol. The maximum absolute atomic E-state index is 13.9. The van der Waals surface area contributed by atoms with E-state index < -0.39 is 34.7 Å². The first-order valence-corrected chi connectivity index (χ1v) is 8.77. The van der Waals surface area contributed by atoms with E-state index in [1.807, 2.05) is 0 Å². The molecule has 0 fully saturated rings. The Bertz CT molecular complexity index is 1030. The normalized spacial score (nSPS) is 11.2. The van der Waals surface area contributed by atoms with Crippen LogP contribution in [0.3, 0.4) is 0 Å². The lowest BCUT2D eigenvalue weighted by atomic mass is 9.94. The highest BCUT2D eigenvalue weighted by molar-refractivity contribution is 6.15. The monoisotopic (exact) mass is 399 g/mol. The number of aromatic nitrogens is 1. The Hall–Kier alpha value is -3.48. The van der Waals surface area contributed by atoms with Gasteiger partial charge in [-0.25, -0.2) is 9.78 Å². The molecule has 0 N–H and O–H groups in total. The zero-order chi connectivity index (χ0) is 21.0.